The number of carboxylic acids is 1. The van der Waals surface area contributed by atoms with Gasteiger partial charge in [-0.05, 0) is 55.0 Å². The summed E-state index contributed by atoms with van der Waals surface area (Å²) in [5.41, 5.74) is -0.234. The van der Waals surface area contributed by atoms with Crippen LogP contribution in [0.2, 0.25) is 0 Å². The quantitative estimate of drug-likeness (QED) is 0.343. The number of aliphatic carboxylic acids is 1. The van der Waals surface area contributed by atoms with E-state index >= 15 is 0 Å². The van der Waals surface area contributed by atoms with Crippen molar-refractivity contribution < 1.29 is 29.0 Å². The Kier molecular flexibility index (Phi) is 6.21. The molecule has 9 heteroatoms. The molecule has 2 aliphatic rings. The zero-order valence-corrected chi connectivity index (χ0v) is 21.6. The first-order valence-corrected chi connectivity index (χ1v) is 12.4. The Morgan fingerprint density at radius 2 is 1.68 bits per heavy atom. The monoisotopic (exact) mass is 562 g/mol. The van der Waals surface area contributed by atoms with E-state index in [1.807, 2.05) is 0 Å². The number of ether oxygens (including phenoxy) is 1. The number of Topliss-reactive ketones (excluding diaryl/α,β-unsaturated/α-hetero) is 1. The van der Waals surface area contributed by atoms with Gasteiger partial charge < -0.3 is 9.84 Å². The molecule has 0 radical (unpaired) electrons. The lowest BCUT2D eigenvalue weighted by atomic mass is 9.75. The molecule has 4 unspecified atom stereocenters. The van der Waals surface area contributed by atoms with Crippen molar-refractivity contribution >= 4 is 45.2 Å². The minimum Gasteiger partial charge on any atom is -0.496 e. The summed E-state index contributed by atoms with van der Waals surface area (Å²) in [4.78, 5) is 53.8. The Morgan fingerprint density at radius 3 is 2.27 bits per heavy atom. The van der Waals surface area contributed by atoms with Gasteiger partial charge >= 0.3 is 5.97 Å². The van der Waals surface area contributed by atoms with Crippen LogP contribution in [0.1, 0.15) is 34.5 Å². The van der Waals surface area contributed by atoms with Crippen LogP contribution in [0.25, 0.3) is 0 Å². The molecule has 2 amide bonds. The van der Waals surface area contributed by atoms with Gasteiger partial charge in [-0.1, -0.05) is 46.3 Å². The molecular weight excluding hydrogens is 540 g/mol. The summed E-state index contributed by atoms with van der Waals surface area (Å²) in [7, 11) is 1.49. The van der Waals surface area contributed by atoms with Crippen molar-refractivity contribution in [2.24, 2.45) is 11.8 Å². The van der Waals surface area contributed by atoms with E-state index in [4.69, 9.17) is 4.74 Å². The number of fused-ring (bicyclic) bond motifs is 1. The summed E-state index contributed by atoms with van der Waals surface area (Å²) in [6.07, 6.45) is 0. The number of rotatable bonds is 6. The molecule has 4 atom stereocenters. The second kappa shape index (κ2) is 9.24. The summed E-state index contributed by atoms with van der Waals surface area (Å²) in [5.74, 6) is -4.37. The van der Waals surface area contributed by atoms with Crippen LogP contribution in [0, 0.1) is 11.8 Å². The Labute approximate surface area is 221 Å². The number of hydrogen-bond donors (Lipinski definition) is 2. The van der Waals surface area contributed by atoms with Crippen LogP contribution in [0.4, 0.5) is 5.69 Å². The number of carbonyl (C=O) groups is 4. The summed E-state index contributed by atoms with van der Waals surface area (Å²) in [6, 6.07) is 19.0. The highest BCUT2D eigenvalue weighted by atomic mass is 79.9. The second-order valence-corrected chi connectivity index (χ2v) is 10.0. The fourth-order valence-corrected chi connectivity index (χ4v) is 5.89. The maximum Gasteiger partial charge on any atom is 0.329 e. The standard InChI is InChI=1S/C28H23BrN2O6/c1-15(32)16-8-11-19(12-9-16)31-25(33)22-23(26(31)34)28(27(35)36,17-6-4-3-5-7-17)30-24(22)20-14-18(29)10-13-21(20)37-2/h3-14,22-24,30H,1-2H3,(H,35,36). The van der Waals surface area contributed by atoms with Gasteiger partial charge in [0.1, 0.15) is 5.75 Å². The molecule has 2 fully saturated rings. The molecule has 0 aromatic heterocycles. The van der Waals surface area contributed by atoms with Gasteiger partial charge in [-0.25, -0.2) is 9.69 Å². The zero-order chi connectivity index (χ0) is 26.5. The lowest BCUT2D eigenvalue weighted by molar-refractivity contribution is -0.149. The first-order chi connectivity index (χ1) is 17.7. The fraction of sp³-hybridized carbons (Fsp3) is 0.214. The third-order valence-corrected chi connectivity index (χ3v) is 7.68. The third-order valence-electron chi connectivity index (χ3n) is 7.19. The molecule has 2 heterocycles. The van der Waals surface area contributed by atoms with Crippen LogP contribution >= 0.6 is 15.9 Å². The number of ketones is 1. The number of nitrogens with zero attached hydrogens (tertiary/aromatic N) is 1. The number of carboxylic acid groups (broad SMARTS) is 1. The van der Waals surface area contributed by atoms with Crippen LogP contribution in [-0.2, 0) is 19.9 Å². The Morgan fingerprint density at radius 1 is 1.00 bits per heavy atom. The maximum atomic E-state index is 14.0. The van der Waals surface area contributed by atoms with Crippen molar-refractivity contribution in [3.63, 3.8) is 0 Å². The van der Waals surface area contributed by atoms with E-state index in [2.05, 4.69) is 21.2 Å². The van der Waals surface area contributed by atoms with Gasteiger partial charge in [0.05, 0.1) is 24.6 Å². The number of hydrogen-bond acceptors (Lipinski definition) is 6. The molecule has 2 saturated heterocycles. The molecule has 2 aliphatic heterocycles. The van der Waals surface area contributed by atoms with Gasteiger partial charge in [0.2, 0.25) is 11.8 Å². The first kappa shape index (κ1) is 24.9. The molecule has 0 spiro atoms. The van der Waals surface area contributed by atoms with E-state index in [9.17, 15) is 24.3 Å². The maximum absolute atomic E-state index is 14.0. The Hall–Kier alpha value is -3.82. The Balaban J connectivity index is 1.72. The molecule has 0 saturated carbocycles. The van der Waals surface area contributed by atoms with Crippen LogP contribution < -0.4 is 15.0 Å². The first-order valence-electron chi connectivity index (χ1n) is 11.6. The van der Waals surface area contributed by atoms with Gasteiger partial charge in [-0.3, -0.25) is 19.7 Å². The lowest BCUT2D eigenvalue weighted by Crippen LogP contribution is -2.53. The van der Waals surface area contributed by atoms with Crippen LogP contribution in [0.15, 0.2) is 77.3 Å². The van der Waals surface area contributed by atoms with Crippen molar-refractivity contribution in [3.05, 3.63) is 94.0 Å². The zero-order valence-electron chi connectivity index (χ0n) is 20.0. The minimum atomic E-state index is -1.87. The summed E-state index contributed by atoms with van der Waals surface area (Å²) in [6.45, 7) is 1.42. The lowest BCUT2D eigenvalue weighted by Gasteiger charge is -2.32. The summed E-state index contributed by atoms with van der Waals surface area (Å²) >= 11 is 3.45. The number of halogens is 1. The van der Waals surface area contributed by atoms with E-state index in [0.717, 1.165) is 4.90 Å². The number of imide groups is 1. The van der Waals surface area contributed by atoms with E-state index in [-0.39, 0.29) is 11.5 Å². The van der Waals surface area contributed by atoms with E-state index in [1.54, 1.807) is 60.7 Å². The van der Waals surface area contributed by atoms with E-state index in [0.29, 0.717) is 26.9 Å². The van der Waals surface area contributed by atoms with Crippen molar-refractivity contribution in [2.45, 2.75) is 18.5 Å². The fourth-order valence-electron chi connectivity index (χ4n) is 5.51. The number of methoxy groups -OCH3 is 1. The van der Waals surface area contributed by atoms with E-state index < -0.39 is 41.2 Å². The second-order valence-electron chi connectivity index (χ2n) is 9.11. The SMILES string of the molecule is COc1ccc(Br)cc1C1NC(C(=O)O)(c2ccccc2)C2C(=O)N(c3ccc(C(C)=O)cc3)C(=O)C12. The normalized spacial score (nSPS) is 24.7. The largest absolute Gasteiger partial charge is 0.496 e. The Bertz CT molecular complexity index is 1420. The highest BCUT2D eigenvalue weighted by Gasteiger charge is 2.69. The molecule has 37 heavy (non-hydrogen) atoms. The van der Waals surface area contributed by atoms with Crippen molar-refractivity contribution in [3.8, 4) is 5.75 Å². The van der Waals surface area contributed by atoms with Gasteiger partial charge in [0, 0.05) is 21.6 Å². The average Bonchev–Trinajstić information content (AvgIpc) is 3.39. The highest BCUT2D eigenvalue weighted by Crippen LogP contribution is 2.55. The molecule has 188 valence electrons. The van der Waals surface area contributed by atoms with Crippen LogP contribution in [0.3, 0.4) is 0 Å². The number of anilines is 1. The smallest absolute Gasteiger partial charge is 0.329 e. The van der Waals surface area contributed by atoms with Gasteiger partial charge in [-0.15, -0.1) is 0 Å². The molecule has 2 N–H and O–H groups in total. The number of benzene rings is 3. The average molecular weight is 563 g/mol. The highest BCUT2D eigenvalue weighted by molar-refractivity contribution is 9.10. The molecule has 5 rings (SSSR count). The minimum absolute atomic E-state index is 0.150. The van der Waals surface area contributed by atoms with Crippen molar-refractivity contribution in [2.75, 3.05) is 12.0 Å². The van der Waals surface area contributed by atoms with Crippen LogP contribution in [-0.4, -0.2) is 35.8 Å². The van der Waals surface area contributed by atoms with Gasteiger partial charge in [0.15, 0.2) is 11.3 Å². The predicted octanol–water partition coefficient (Wildman–Crippen LogP) is 4.09. The number of amides is 2. The third kappa shape index (κ3) is 3.77. The van der Waals surface area contributed by atoms with E-state index in [1.165, 1.54) is 26.2 Å². The molecule has 3 aromatic carbocycles. The summed E-state index contributed by atoms with van der Waals surface area (Å²) < 4.78 is 6.27. The molecule has 0 bridgehead atoms. The molecular formula is C28H23BrN2O6. The topological polar surface area (TPSA) is 113 Å². The van der Waals surface area contributed by atoms with Gasteiger partial charge in [-0.2, -0.15) is 0 Å². The number of nitrogens with one attached hydrogen (secondary N) is 1. The molecule has 3 aromatic rings. The van der Waals surface area contributed by atoms with Crippen molar-refractivity contribution in [1.29, 1.82) is 0 Å². The molecule has 0 aliphatic carbocycles. The molecule has 8 nitrogen and oxygen atoms in total. The predicted molar refractivity (Wildman–Crippen MR) is 138 cm³/mol. The summed E-state index contributed by atoms with van der Waals surface area (Å²) in [5, 5.41) is 13.8. The van der Waals surface area contributed by atoms with Crippen molar-refractivity contribution in [1.82, 2.24) is 5.32 Å². The van der Waals surface area contributed by atoms with Crippen LogP contribution in [0.5, 0.6) is 5.75 Å². The number of carbonyl (C=O) groups excluding carboxylic acids is 3. The van der Waals surface area contributed by atoms with Gasteiger partial charge in [0.25, 0.3) is 0 Å².